The van der Waals surface area contributed by atoms with Crippen molar-refractivity contribution in [1.29, 1.82) is 0 Å². The molecule has 1 unspecified atom stereocenters. The quantitative estimate of drug-likeness (QED) is 0.0698. The first kappa shape index (κ1) is 37.2. The van der Waals surface area contributed by atoms with E-state index in [2.05, 4.69) is 50.3 Å². The topological polar surface area (TPSA) is 20.2 Å². The molecule has 0 rings (SSSR count). The number of hydrogen-bond donors (Lipinski definition) is 1. The fourth-order valence-electron chi connectivity index (χ4n) is 5.14. The maximum absolute atomic E-state index is 10.3. The van der Waals surface area contributed by atoms with Gasteiger partial charge in [-0.2, -0.15) is 0 Å². The molecular formula is C37H70O. The Balaban J connectivity index is 3.24. The van der Waals surface area contributed by atoms with Crippen LogP contribution < -0.4 is 0 Å². The minimum Gasteiger partial charge on any atom is -0.393 e. The lowest BCUT2D eigenvalue weighted by Crippen LogP contribution is -2.05. The summed E-state index contributed by atoms with van der Waals surface area (Å²) < 4.78 is 0. The molecule has 0 aromatic rings. The summed E-state index contributed by atoms with van der Waals surface area (Å²) in [6.07, 6.45) is 50.5. The number of hydrogen-bond acceptors (Lipinski definition) is 1. The van der Waals surface area contributed by atoms with Gasteiger partial charge in [-0.25, -0.2) is 0 Å². The standard InChI is InChI=1S/C37H70O/c1-3-5-7-9-11-13-15-17-19-21-23-25-27-29-31-33-35-37(38)36-34-32-30-28-26-24-22-20-18-16-14-12-10-8-6-4-2/h11-14,17,19,37-38H,3-10,15-16,18,20-36H2,1-2H3/b13-11-,14-12-,19-17-. The number of aliphatic hydroxyl groups excluding tert-OH is 1. The van der Waals surface area contributed by atoms with Gasteiger partial charge in [0.1, 0.15) is 0 Å². The van der Waals surface area contributed by atoms with Gasteiger partial charge in [-0.1, -0.05) is 159 Å². The SMILES string of the molecule is CCCCC/C=C\C/C=C\CCCCCCCCC(O)CCCCCCCCCCC/C=C\CCCCC. The maximum atomic E-state index is 10.3. The third-order valence-electron chi connectivity index (χ3n) is 7.79. The van der Waals surface area contributed by atoms with Crippen LogP contribution >= 0.6 is 0 Å². The van der Waals surface area contributed by atoms with E-state index in [0.717, 1.165) is 19.3 Å². The summed E-state index contributed by atoms with van der Waals surface area (Å²) in [6.45, 7) is 4.54. The van der Waals surface area contributed by atoms with E-state index in [1.165, 1.54) is 161 Å². The van der Waals surface area contributed by atoms with Crippen molar-refractivity contribution < 1.29 is 5.11 Å². The van der Waals surface area contributed by atoms with E-state index in [0.29, 0.717) is 0 Å². The first-order chi connectivity index (χ1) is 18.8. The summed E-state index contributed by atoms with van der Waals surface area (Å²) in [5, 5.41) is 10.3. The smallest absolute Gasteiger partial charge is 0.0540 e. The Bertz CT molecular complexity index is 503. The summed E-state index contributed by atoms with van der Waals surface area (Å²) in [4.78, 5) is 0. The van der Waals surface area contributed by atoms with Crippen LogP contribution in [0, 0.1) is 0 Å². The van der Waals surface area contributed by atoms with Crippen molar-refractivity contribution in [3.63, 3.8) is 0 Å². The average molecular weight is 531 g/mol. The van der Waals surface area contributed by atoms with Crippen molar-refractivity contribution in [3.05, 3.63) is 36.5 Å². The molecule has 0 heterocycles. The molecule has 0 fully saturated rings. The molecule has 1 atom stereocenters. The normalized spacial score (nSPS) is 13.0. The molecule has 1 N–H and O–H groups in total. The first-order valence-corrected chi connectivity index (χ1v) is 17.4. The molecule has 0 aliphatic carbocycles. The number of rotatable bonds is 31. The monoisotopic (exact) mass is 531 g/mol. The van der Waals surface area contributed by atoms with E-state index in [-0.39, 0.29) is 6.10 Å². The molecule has 1 nitrogen and oxygen atoms in total. The van der Waals surface area contributed by atoms with Gasteiger partial charge in [0.25, 0.3) is 0 Å². The second-order valence-electron chi connectivity index (χ2n) is 11.8. The minimum atomic E-state index is -0.0541. The third-order valence-corrected chi connectivity index (χ3v) is 7.79. The van der Waals surface area contributed by atoms with Crippen molar-refractivity contribution >= 4 is 0 Å². The van der Waals surface area contributed by atoms with Crippen molar-refractivity contribution in [2.24, 2.45) is 0 Å². The number of unbranched alkanes of at least 4 members (excludes halogenated alkanes) is 21. The number of allylic oxidation sites excluding steroid dienone is 6. The number of aliphatic hydroxyl groups is 1. The van der Waals surface area contributed by atoms with E-state index in [9.17, 15) is 5.11 Å². The fourth-order valence-corrected chi connectivity index (χ4v) is 5.14. The second-order valence-corrected chi connectivity index (χ2v) is 11.8. The highest BCUT2D eigenvalue weighted by Crippen LogP contribution is 2.15. The molecule has 0 amide bonds. The minimum absolute atomic E-state index is 0.0541. The summed E-state index contributed by atoms with van der Waals surface area (Å²) in [7, 11) is 0. The average Bonchev–Trinajstić information content (AvgIpc) is 2.92. The Kier molecular flexibility index (Phi) is 33.5. The summed E-state index contributed by atoms with van der Waals surface area (Å²) in [6, 6.07) is 0. The van der Waals surface area contributed by atoms with Gasteiger partial charge in [0.15, 0.2) is 0 Å². The highest BCUT2D eigenvalue weighted by atomic mass is 16.3. The molecule has 0 bridgehead atoms. The van der Waals surface area contributed by atoms with Crippen molar-refractivity contribution in [2.75, 3.05) is 0 Å². The second kappa shape index (κ2) is 34.2. The maximum Gasteiger partial charge on any atom is 0.0540 e. The molecular weight excluding hydrogens is 460 g/mol. The lowest BCUT2D eigenvalue weighted by molar-refractivity contribution is 0.147. The van der Waals surface area contributed by atoms with Crippen LogP contribution in [0.2, 0.25) is 0 Å². The van der Waals surface area contributed by atoms with Gasteiger partial charge in [0, 0.05) is 0 Å². The highest BCUT2D eigenvalue weighted by molar-refractivity contribution is 4.92. The molecule has 0 aliphatic heterocycles. The zero-order valence-corrected chi connectivity index (χ0v) is 26.3. The predicted molar refractivity (Wildman–Crippen MR) is 174 cm³/mol. The fraction of sp³-hybridized carbons (Fsp3) is 0.838. The molecule has 0 saturated carbocycles. The van der Waals surface area contributed by atoms with Crippen LogP contribution in [0.5, 0.6) is 0 Å². The predicted octanol–water partition coefficient (Wildman–Crippen LogP) is 13.0. The van der Waals surface area contributed by atoms with Gasteiger partial charge in [0.05, 0.1) is 6.10 Å². The van der Waals surface area contributed by atoms with Crippen LogP contribution in [0.3, 0.4) is 0 Å². The zero-order chi connectivity index (χ0) is 27.6. The van der Waals surface area contributed by atoms with Gasteiger partial charge in [-0.3, -0.25) is 0 Å². The van der Waals surface area contributed by atoms with Crippen LogP contribution in [0.4, 0.5) is 0 Å². The molecule has 0 radical (unpaired) electrons. The van der Waals surface area contributed by atoms with Gasteiger partial charge in [-0.05, 0) is 70.6 Å². The molecule has 0 aromatic carbocycles. The molecule has 1 heteroatoms. The van der Waals surface area contributed by atoms with Crippen LogP contribution in [0.25, 0.3) is 0 Å². The molecule has 224 valence electrons. The summed E-state index contributed by atoms with van der Waals surface area (Å²) in [5.41, 5.74) is 0. The van der Waals surface area contributed by atoms with E-state index < -0.39 is 0 Å². The first-order valence-electron chi connectivity index (χ1n) is 17.4. The lowest BCUT2D eigenvalue weighted by atomic mass is 10.0. The van der Waals surface area contributed by atoms with Crippen molar-refractivity contribution in [1.82, 2.24) is 0 Å². The Hall–Kier alpha value is -0.820. The van der Waals surface area contributed by atoms with Crippen molar-refractivity contribution in [2.45, 2.75) is 200 Å². The Morgan fingerprint density at radius 3 is 1.03 bits per heavy atom. The Labute approximate surface area is 241 Å². The van der Waals surface area contributed by atoms with Crippen molar-refractivity contribution in [3.8, 4) is 0 Å². The van der Waals surface area contributed by atoms with Gasteiger partial charge in [-0.15, -0.1) is 0 Å². The summed E-state index contributed by atoms with van der Waals surface area (Å²) >= 11 is 0. The van der Waals surface area contributed by atoms with Crippen LogP contribution in [-0.4, -0.2) is 11.2 Å². The van der Waals surface area contributed by atoms with Crippen LogP contribution in [-0.2, 0) is 0 Å². The van der Waals surface area contributed by atoms with Crippen LogP contribution in [0.15, 0.2) is 36.5 Å². The van der Waals surface area contributed by atoms with E-state index in [1.54, 1.807) is 0 Å². The highest BCUT2D eigenvalue weighted by Gasteiger charge is 2.03. The van der Waals surface area contributed by atoms with Gasteiger partial charge < -0.3 is 5.11 Å². The van der Waals surface area contributed by atoms with E-state index >= 15 is 0 Å². The molecule has 0 aromatic heterocycles. The summed E-state index contributed by atoms with van der Waals surface area (Å²) in [5.74, 6) is 0. The Morgan fingerprint density at radius 2 is 0.658 bits per heavy atom. The zero-order valence-electron chi connectivity index (χ0n) is 26.3. The van der Waals surface area contributed by atoms with E-state index in [4.69, 9.17) is 0 Å². The molecule has 0 saturated heterocycles. The lowest BCUT2D eigenvalue weighted by Gasteiger charge is -2.10. The van der Waals surface area contributed by atoms with Gasteiger partial charge in [0.2, 0.25) is 0 Å². The molecule has 0 spiro atoms. The largest absolute Gasteiger partial charge is 0.393 e. The molecule has 0 aliphatic rings. The van der Waals surface area contributed by atoms with Crippen LogP contribution in [0.1, 0.15) is 194 Å². The third kappa shape index (κ3) is 33.2. The Morgan fingerprint density at radius 1 is 0.368 bits per heavy atom. The van der Waals surface area contributed by atoms with Gasteiger partial charge >= 0.3 is 0 Å². The van der Waals surface area contributed by atoms with E-state index in [1.807, 2.05) is 0 Å². The molecule has 38 heavy (non-hydrogen) atoms.